The summed E-state index contributed by atoms with van der Waals surface area (Å²) in [6.45, 7) is 9.40. The third-order valence-corrected chi connectivity index (χ3v) is 1.72. The van der Waals surface area contributed by atoms with Crippen molar-refractivity contribution >= 4 is 11.9 Å². The lowest BCUT2D eigenvalue weighted by molar-refractivity contribution is -0.158. The molecule has 5 nitrogen and oxygen atoms in total. The lowest BCUT2D eigenvalue weighted by Crippen LogP contribution is -2.43. The molecule has 0 aromatic heterocycles. The first-order valence-corrected chi connectivity index (χ1v) is 5.86. The molecule has 0 aliphatic carbocycles. The number of hydrogen-bond acceptors (Lipinski definition) is 4. The molecule has 1 atom stereocenters. The molecule has 0 aromatic carbocycles. The predicted octanol–water partition coefficient (Wildman–Crippen LogP) is 1.26. The Hall–Kier alpha value is -1.10. The van der Waals surface area contributed by atoms with Crippen molar-refractivity contribution in [2.24, 2.45) is 0 Å². The van der Waals surface area contributed by atoms with Crippen LogP contribution in [0.15, 0.2) is 0 Å². The van der Waals surface area contributed by atoms with E-state index in [9.17, 15) is 9.59 Å². The summed E-state index contributed by atoms with van der Waals surface area (Å²) in [6, 6.07) is -0.660. The average molecular weight is 245 g/mol. The van der Waals surface area contributed by atoms with Crippen LogP contribution in [-0.2, 0) is 19.1 Å². The third kappa shape index (κ3) is 8.68. The molecule has 100 valence electrons. The van der Waals surface area contributed by atoms with E-state index in [1.807, 2.05) is 6.92 Å². The normalized spacial score (nSPS) is 13.0. The van der Waals surface area contributed by atoms with Gasteiger partial charge in [0.1, 0.15) is 18.2 Å². The van der Waals surface area contributed by atoms with E-state index in [1.54, 1.807) is 27.7 Å². The van der Waals surface area contributed by atoms with Gasteiger partial charge in [0.15, 0.2) is 0 Å². The van der Waals surface area contributed by atoms with Gasteiger partial charge in [0, 0.05) is 6.61 Å². The third-order valence-electron chi connectivity index (χ3n) is 1.72. The topological polar surface area (TPSA) is 64.6 Å². The Kier molecular flexibility index (Phi) is 6.80. The van der Waals surface area contributed by atoms with E-state index in [2.05, 4.69) is 5.32 Å². The first kappa shape index (κ1) is 15.9. The zero-order valence-corrected chi connectivity index (χ0v) is 11.3. The molecule has 0 saturated heterocycles. The number of nitrogens with one attached hydrogen (secondary N) is 1. The molecule has 17 heavy (non-hydrogen) atoms. The molecule has 0 aromatic rings. The number of carbonyl (C=O) groups excluding carboxylic acids is 2. The minimum Gasteiger partial charge on any atom is -0.458 e. The van der Waals surface area contributed by atoms with Crippen LogP contribution in [0.5, 0.6) is 0 Å². The molecule has 0 heterocycles. The monoisotopic (exact) mass is 245 g/mol. The fraction of sp³-hybridized carbons (Fsp3) is 0.833. The van der Waals surface area contributed by atoms with Crippen molar-refractivity contribution in [3.8, 4) is 0 Å². The Morgan fingerprint density at radius 2 is 1.88 bits per heavy atom. The smallest absolute Gasteiger partial charge is 0.328 e. The van der Waals surface area contributed by atoms with Crippen molar-refractivity contribution in [2.45, 2.75) is 52.7 Å². The molecule has 0 rings (SSSR count). The maximum atomic E-state index is 11.5. The van der Waals surface area contributed by atoms with E-state index in [1.165, 1.54) is 0 Å². The summed E-state index contributed by atoms with van der Waals surface area (Å²) in [7, 11) is 0. The van der Waals surface area contributed by atoms with Crippen molar-refractivity contribution in [3.63, 3.8) is 0 Å². The van der Waals surface area contributed by atoms with Crippen LogP contribution < -0.4 is 5.32 Å². The van der Waals surface area contributed by atoms with E-state index >= 15 is 0 Å². The SMILES string of the molecule is CCCOCC(=O)N[C@H](C)C(=O)OC(C)(C)C. The Bertz CT molecular complexity index is 258. The quantitative estimate of drug-likeness (QED) is 0.565. The van der Waals surface area contributed by atoms with Crippen molar-refractivity contribution in [3.05, 3.63) is 0 Å². The van der Waals surface area contributed by atoms with Gasteiger partial charge in [0.25, 0.3) is 0 Å². The largest absolute Gasteiger partial charge is 0.458 e. The zero-order chi connectivity index (χ0) is 13.5. The van der Waals surface area contributed by atoms with Gasteiger partial charge in [-0.15, -0.1) is 0 Å². The maximum absolute atomic E-state index is 11.5. The van der Waals surface area contributed by atoms with Gasteiger partial charge >= 0.3 is 5.97 Å². The highest BCUT2D eigenvalue weighted by Gasteiger charge is 2.22. The molecule has 1 amide bonds. The standard InChI is InChI=1S/C12H23NO4/c1-6-7-16-8-10(14)13-9(2)11(15)17-12(3,4)5/h9H,6-8H2,1-5H3,(H,13,14)/t9-/m1/s1. The van der Waals surface area contributed by atoms with Crippen molar-refractivity contribution in [2.75, 3.05) is 13.2 Å². The van der Waals surface area contributed by atoms with Crippen LogP contribution in [0.25, 0.3) is 0 Å². The molecule has 0 aliphatic heterocycles. The number of carbonyl (C=O) groups is 2. The second kappa shape index (κ2) is 7.27. The highest BCUT2D eigenvalue weighted by Crippen LogP contribution is 2.08. The van der Waals surface area contributed by atoms with Crippen LogP contribution in [0.3, 0.4) is 0 Å². The molecule has 0 aliphatic rings. The predicted molar refractivity (Wildman–Crippen MR) is 64.6 cm³/mol. The zero-order valence-electron chi connectivity index (χ0n) is 11.3. The lowest BCUT2D eigenvalue weighted by atomic mass is 10.2. The summed E-state index contributed by atoms with van der Waals surface area (Å²) < 4.78 is 10.2. The van der Waals surface area contributed by atoms with Gasteiger partial charge in [-0.3, -0.25) is 4.79 Å². The van der Waals surface area contributed by atoms with Crippen molar-refractivity contribution < 1.29 is 19.1 Å². The van der Waals surface area contributed by atoms with Gasteiger partial charge in [-0.05, 0) is 34.1 Å². The fourth-order valence-corrected chi connectivity index (χ4v) is 1.04. The van der Waals surface area contributed by atoms with Crippen LogP contribution in [0.4, 0.5) is 0 Å². The van der Waals surface area contributed by atoms with E-state index in [4.69, 9.17) is 9.47 Å². The van der Waals surface area contributed by atoms with Crippen molar-refractivity contribution in [1.82, 2.24) is 5.32 Å². The summed E-state index contributed by atoms with van der Waals surface area (Å²) in [6.07, 6.45) is 0.856. The van der Waals surface area contributed by atoms with Crippen LogP contribution in [0.1, 0.15) is 41.0 Å². The first-order chi connectivity index (χ1) is 7.76. The summed E-state index contributed by atoms with van der Waals surface area (Å²) in [5.41, 5.74) is -0.547. The molecule has 0 fully saturated rings. The van der Waals surface area contributed by atoms with Gasteiger partial charge in [0.05, 0.1) is 0 Å². The van der Waals surface area contributed by atoms with E-state index in [-0.39, 0.29) is 12.5 Å². The molecule has 0 unspecified atom stereocenters. The molecular formula is C12H23NO4. The Morgan fingerprint density at radius 3 is 2.35 bits per heavy atom. The van der Waals surface area contributed by atoms with E-state index < -0.39 is 17.6 Å². The average Bonchev–Trinajstić information content (AvgIpc) is 2.15. The fourth-order valence-electron chi connectivity index (χ4n) is 1.04. The van der Waals surface area contributed by atoms with Crippen LogP contribution in [0, 0.1) is 0 Å². The van der Waals surface area contributed by atoms with E-state index in [0.29, 0.717) is 6.61 Å². The maximum Gasteiger partial charge on any atom is 0.328 e. The number of rotatable bonds is 6. The molecule has 0 spiro atoms. The summed E-state index contributed by atoms with van der Waals surface area (Å²) >= 11 is 0. The van der Waals surface area contributed by atoms with Gasteiger partial charge in [-0.2, -0.15) is 0 Å². The van der Waals surface area contributed by atoms with Crippen LogP contribution in [0.2, 0.25) is 0 Å². The molecular weight excluding hydrogens is 222 g/mol. The van der Waals surface area contributed by atoms with Gasteiger partial charge in [-0.25, -0.2) is 4.79 Å². The minimum atomic E-state index is -0.660. The Balaban J connectivity index is 3.95. The van der Waals surface area contributed by atoms with Gasteiger partial charge in [-0.1, -0.05) is 6.92 Å². The minimum absolute atomic E-state index is 0.0268. The Morgan fingerprint density at radius 1 is 1.29 bits per heavy atom. The highest BCUT2D eigenvalue weighted by molar-refractivity contribution is 5.84. The number of ether oxygens (including phenoxy) is 2. The molecule has 1 N–H and O–H groups in total. The Labute approximate surface area is 103 Å². The molecule has 0 bridgehead atoms. The van der Waals surface area contributed by atoms with Crippen LogP contribution >= 0.6 is 0 Å². The van der Waals surface area contributed by atoms with Crippen LogP contribution in [-0.4, -0.2) is 36.7 Å². The second-order valence-corrected chi connectivity index (χ2v) is 4.88. The number of amides is 1. The summed E-state index contributed by atoms with van der Waals surface area (Å²) in [5, 5.41) is 2.52. The number of hydrogen-bond donors (Lipinski definition) is 1. The highest BCUT2D eigenvalue weighted by atomic mass is 16.6. The molecule has 0 radical (unpaired) electrons. The molecule has 0 saturated carbocycles. The summed E-state index contributed by atoms with van der Waals surface area (Å²) in [5.74, 6) is -0.752. The van der Waals surface area contributed by atoms with E-state index in [0.717, 1.165) is 6.42 Å². The second-order valence-electron chi connectivity index (χ2n) is 4.88. The summed E-state index contributed by atoms with van der Waals surface area (Å²) in [4.78, 5) is 22.9. The molecule has 5 heteroatoms. The van der Waals surface area contributed by atoms with Gasteiger partial charge < -0.3 is 14.8 Å². The van der Waals surface area contributed by atoms with Gasteiger partial charge in [0.2, 0.25) is 5.91 Å². The van der Waals surface area contributed by atoms with Crippen molar-refractivity contribution in [1.29, 1.82) is 0 Å². The number of esters is 1. The first-order valence-electron chi connectivity index (χ1n) is 5.86. The lowest BCUT2D eigenvalue weighted by Gasteiger charge is -2.22.